The third-order valence-electron chi connectivity index (χ3n) is 2.26. The second kappa shape index (κ2) is 4.75. The molecule has 0 atom stereocenters. The van der Waals surface area contributed by atoms with Crippen LogP contribution in [0.3, 0.4) is 0 Å². The Balaban J connectivity index is 2.28. The van der Waals surface area contributed by atoms with Gasteiger partial charge in [-0.25, -0.2) is 4.39 Å². The molecule has 0 aliphatic carbocycles. The van der Waals surface area contributed by atoms with Crippen LogP contribution in [-0.2, 0) is 0 Å². The zero-order valence-corrected chi connectivity index (χ0v) is 9.39. The summed E-state index contributed by atoms with van der Waals surface area (Å²) in [6.45, 7) is 0. The summed E-state index contributed by atoms with van der Waals surface area (Å²) in [4.78, 5) is 11.1. The first-order chi connectivity index (χ1) is 8.54. The maximum atomic E-state index is 12.7. The summed E-state index contributed by atoms with van der Waals surface area (Å²) >= 11 is 0. The number of hydrogen-bond donors (Lipinski definition) is 2. The average Bonchev–Trinajstić information content (AvgIpc) is 2.31. The number of halogens is 1. The molecule has 4 N–H and O–H groups in total. The molecule has 0 fully saturated rings. The van der Waals surface area contributed by atoms with E-state index in [4.69, 9.17) is 16.2 Å². The number of benzene rings is 2. The zero-order chi connectivity index (χ0) is 13.1. The van der Waals surface area contributed by atoms with Gasteiger partial charge in [-0.05, 0) is 36.4 Å². The van der Waals surface area contributed by atoms with Crippen LogP contribution in [0.1, 0.15) is 10.4 Å². The van der Waals surface area contributed by atoms with Gasteiger partial charge in [-0.1, -0.05) is 0 Å². The minimum absolute atomic E-state index is 0.257. The van der Waals surface area contributed by atoms with Crippen LogP contribution in [0.5, 0.6) is 11.5 Å². The third kappa shape index (κ3) is 2.76. The van der Waals surface area contributed by atoms with Gasteiger partial charge in [0.05, 0.1) is 0 Å². The summed E-state index contributed by atoms with van der Waals surface area (Å²) in [5.41, 5.74) is 11.4. The maximum absolute atomic E-state index is 12.7. The van der Waals surface area contributed by atoms with Crippen LogP contribution in [0, 0.1) is 5.82 Å². The lowest BCUT2D eigenvalue weighted by atomic mass is 10.2. The molecular weight excluding hydrogens is 235 g/mol. The fourth-order valence-corrected chi connectivity index (χ4v) is 1.46. The number of amides is 1. The van der Waals surface area contributed by atoms with E-state index in [1.54, 1.807) is 6.07 Å². The highest BCUT2D eigenvalue weighted by Crippen LogP contribution is 2.25. The number of rotatable bonds is 3. The first kappa shape index (κ1) is 11.9. The van der Waals surface area contributed by atoms with Gasteiger partial charge in [-0.2, -0.15) is 0 Å². The summed E-state index contributed by atoms with van der Waals surface area (Å²) in [5.74, 6) is -0.133. The molecule has 0 bridgehead atoms. The SMILES string of the molecule is NC(=O)c1cc(N)cc(Oc2ccc(F)cc2)c1. The van der Waals surface area contributed by atoms with Crippen molar-refractivity contribution in [1.29, 1.82) is 0 Å². The normalized spacial score (nSPS) is 10.1. The third-order valence-corrected chi connectivity index (χ3v) is 2.26. The molecule has 5 heteroatoms. The number of carbonyl (C=O) groups is 1. The molecule has 0 saturated carbocycles. The lowest BCUT2D eigenvalue weighted by molar-refractivity contribution is 0.1000. The average molecular weight is 246 g/mol. The molecular formula is C13H11FN2O2. The Morgan fingerprint density at radius 3 is 2.33 bits per heavy atom. The van der Waals surface area contributed by atoms with Crippen molar-refractivity contribution >= 4 is 11.6 Å². The summed E-state index contributed by atoms with van der Waals surface area (Å²) in [7, 11) is 0. The van der Waals surface area contributed by atoms with Gasteiger partial charge in [0.15, 0.2) is 0 Å². The molecule has 92 valence electrons. The molecule has 0 aromatic heterocycles. The van der Waals surface area contributed by atoms with Crippen LogP contribution >= 0.6 is 0 Å². The number of carbonyl (C=O) groups excluding carboxylic acids is 1. The molecule has 1 amide bonds. The first-order valence-corrected chi connectivity index (χ1v) is 5.18. The van der Waals surface area contributed by atoms with Gasteiger partial charge in [0.2, 0.25) is 5.91 Å². The van der Waals surface area contributed by atoms with E-state index in [1.807, 2.05) is 0 Å². The Morgan fingerprint density at radius 2 is 1.72 bits per heavy atom. The Labute approximate surface area is 103 Å². The number of hydrogen-bond acceptors (Lipinski definition) is 3. The summed E-state index contributed by atoms with van der Waals surface area (Å²) in [5, 5.41) is 0. The standard InChI is InChI=1S/C13H11FN2O2/c14-9-1-3-11(4-2-9)18-12-6-8(13(16)17)5-10(15)7-12/h1-7H,15H2,(H2,16,17). The van der Waals surface area contributed by atoms with Crippen molar-refractivity contribution in [2.24, 2.45) is 5.73 Å². The van der Waals surface area contributed by atoms with Gasteiger partial charge in [0.1, 0.15) is 17.3 Å². The molecule has 0 saturated heterocycles. The van der Waals surface area contributed by atoms with Gasteiger partial charge >= 0.3 is 0 Å². The number of ether oxygens (including phenoxy) is 1. The minimum atomic E-state index is -0.591. The van der Waals surface area contributed by atoms with Crippen molar-refractivity contribution in [3.05, 3.63) is 53.8 Å². The summed E-state index contributed by atoms with van der Waals surface area (Å²) in [6, 6.07) is 9.98. The predicted octanol–water partition coefficient (Wildman–Crippen LogP) is 2.30. The summed E-state index contributed by atoms with van der Waals surface area (Å²) in [6.07, 6.45) is 0. The molecule has 4 nitrogen and oxygen atoms in total. The second-order valence-electron chi connectivity index (χ2n) is 3.71. The molecule has 18 heavy (non-hydrogen) atoms. The molecule has 0 aliphatic heterocycles. The van der Waals surface area contributed by atoms with Crippen LogP contribution in [0.25, 0.3) is 0 Å². The lowest BCUT2D eigenvalue weighted by Crippen LogP contribution is -2.11. The Bertz CT molecular complexity index is 582. The molecule has 0 unspecified atom stereocenters. The van der Waals surface area contributed by atoms with Gasteiger partial charge in [-0.15, -0.1) is 0 Å². The van der Waals surface area contributed by atoms with Gasteiger partial charge in [-0.3, -0.25) is 4.79 Å². The van der Waals surface area contributed by atoms with Crippen molar-refractivity contribution in [2.75, 3.05) is 5.73 Å². The number of anilines is 1. The summed E-state index contributed by atoms with van der Waals surface area (Å²) < 4.78 is 18.2. The first-order valence-electron chi connectivity index (χ1n) is 5.18. The Hall–Kier alpha value is -2.56. The fourth-order valence-electron chi connectivity index (χ4n) is 1.46. The monoisotopic (exact) mass is 246 g/mol. The Morgan fingerprint density at radius 1 is 1.06 bits per heavy atom. The molecule has 0 radical (unpaired) electrons. The van der Waals surface area contributed by atoms with E-state index in [1.165, 1.54) is 36.4 Å². The van der Waals surface area contributed by atoms with E-state index in [9.17, 15) is 9.18 Å². The zero-order valence-electron chi connectivity index (χ0n) is 9.39. The highest BCUT2D eigenvalue weighted by Gasteiger charge is 2.06. The number of nitrogen functional groups attached to an aromatic ring is 1. The van der Waals surface area contributed by atoms with Gasteiger partial charge in [0.25, 0.3) is 0 Å². The van der Waals surface area contributed by atoms with Crippen molar-refractivity contribution in [2.45, 2.75) is 0 Å². The lowest BCUT2D eigenvalue weighted by Gasteiger charge is -2.07. The van der Waals surface area contributed by atoms with Crippen molar-refractivity contribution in [3.63, 3.8) is 0 Å². The molecule has 2 rings (SSSR count). The number of primary amides is 1. The number of nitrogens with two attached hydrogens (primary N) is 2. The van der Waals surface area contributed by atoms with Crippen molar-refractivity contribution in [1.82, 2.24) is 0 Å². The molecule has 0 heterocycles. The molecule has 2 aromatic rings. The maximum Gasteiger partial charge on any atom is 0.248 e. The highest BCUT2D eigenvalue weighted by atomic mass is 19.1. The highest BCUT2D eigenvalue weighted by molar-refractivity contribution is 5.94. The van der Waals surface area contributed by atoms with Gasteiger partial charge in [0, 0.05) is 17.3 Å². The predicted molar refractivity (Wildman–Crippen MR) is 65.8 cm³/mol. The van der Waals surface area contributed by atoms with E-state index < -0.39 is 5.91 Å². The van der Waals surface area contributed by atoms with E-state index in [0.717, 1.165) is 0 Å². The minimum Gasteiger partial charge on any atom is -0.457 e. The quantitative estimate of drug-likeness (QED) is 0.815. The van der Waals surface area contributed by atoms with Crippen molar-refractivity contribution in [3.8, 4) is 11.5 Å². The van der Waals surface area contributed by atoms with E-state index in [2.05, 4.69) is 0 Å². The van der Waals surface area contributed by atoms with Crippen molar-refractivity contribution < 1.29 is 13.9 Å². The second-order valence-corrected chi connectivity index (χ2v) is 3.71. The molecule has 0 spiro atoms. The van der Waals surface area contributed by atoms with Crippen LogP contribution < -0.4 is 16.2 Å². The van der Waals surface area contributed by atoms with Crippen LogP contribution in [0.2, 0.25) is 0 Å². The largest absolute Gasteiger partial charge is 0.457 e. The topological polar surface area (TPSA) is 78.3 Å². The molecule has 0 aliphatic rings. The van der Waals surface area contributed by atoms with E-state index >= 15 is 0 Å². The Kier molecular flexibility index (Phi) is 3.14. The van der Waals surface area contributed by atoms with Gasteiger partial charge < -0.3 is 16.2 Å². The van der Waals surface area contributed by atoms with Crippen LogP contribution in [0.4, 0.5) is 10.1 Å². The van der Waals surface area contributed by atoms with E-state index in [-0.39, 0.29) is 11.4 Å². The smallest absolute Gasteiger partial charge is 0.248 e. The van der Waals surface area contributed by atoms with E-state index in [0.29, 0.717) is 17.2 Å². The molecule has 2 aromatic carbocycles. The van der Waals surface area contributed by atoms with Crippen LogP contribution in [-0.4, -0.2) is 5.91 Å². The van der Waals surface area contributed by atoms with Crippen LogP contribution in [0.15, 0.2) is 42.5 Å². The fraction of sp³-hybridized carbons (Fsp3) is 0.